The standard InChI is InChI=1S/C15H20FNO2S/c16-11-5-1-4-8-14(11)20-10-9-15(19)17-12-6-2-3-7-13(12)18/h1,4-5,8,12-13,18H,2-3,6-7,9-10H2,(H,17,19)/t12-,13-/m1/s1. The molecule has 0 radical (unpaired) electrons. The normalized spacial score (nSPS) is 22.5. The van der Waals surface area contributed by atoms with Gasteiger partial charge in [0.05, 0.1) is 12.1 Å². The largest absolute Gasteiger partial charge is 0.391 e. The molecule has 0 spiro atoms. The van der Waals surface area contributed by atoms with Crippen LogP contribution < -0.4 is 5.32 Å². The SMILES string of the molecule is O=C(CCSc1ccccc1F)N[C@@H]1CCCC[C@H]1O. The maximum absolute atomic E-state index is 13.4. The Morgan fingerprint density at radius 2 is 2.10 bits per heavy atom. The topological polar surface area (TPSA) is 49.3 Å². The molecule has 2 N–H and O–H groups in total. The molecule has 0 aromatic heterocycles. The molecule has 1 aliphatic rings. The summed E-state index contributed by atoms with van der Waals surface area (Å²) in [6.45, 7) is 0. The van der Waals surface area contributed by atoms with Crippen LogP contribution in [0.1, 0.15) is 32.1 Å². The summed E-state index contributed by atoms with van der Waals surface area (Å²) < 4.78 is 13.4. The highest BCUT2D eigenvalue weighted by atomic mass is 32.2. The number of halogens is 1. The average molecular weight is 297 g/mol. The number of aliphatic hydroxyl groups is 1. The fourth-order valence-corrected chi connectivity index (χ4v) is 3.26. The molecule has 3 nitrogen and oxygen atoms in total. The van der Waals surface area contributed by atoms with Crippen LogP contribution >= 0.6 is 11.8 Å². The molecule has 1 aromatic carbocycles. The van der Waals surface area contributed by atoms with Gasteiger partial charge in [-0.05, 0) is 25.0 Å². The summed E-state index contributed by atoms with van der Waals surface area (Å²) >= 11 is 1.34. The molecule has 0 bridgehead atoms. The van der Waals surface area contributed by atoms with Crippen molar-refractivity contribution in [2.24, 2.45) is 0 Å². The monoisotopic (exact) mass is 297 g/mol. The second-order valence-electron chi connectivity index (χ2n) is 5.05. The molecule has 0 aliphatic heterocycles. The molecular formula is C15H20FNO2S. The van der Waals surface area contributed by atoms with E-state index in [0.29, 0.717) is 17.1 Å². The van der Waals surface area contributed by atoms with Crippen molar-refractivity contribution in [2.45, 2.75) is 49.1 Å². The second kappa shape index (κ2) is 7.64. The minimum atomic E-state index is -0.424. The second-order valence-corrected chi connectivity index (χ2v) is 6.19. The van der Waals surface area contributed by atoms with Crippen LogP contribution in [-0.2, 0) is 4.79 Å². The Kier molecular flexibility index (Phi) is 5.86. The lowest BCUT2D eigenvalue weighted by Gasteiger charge is -2.28. The van der Waals surface area contributed by atoms with Crippen molar-refractivity contribution in [1.82, 2.24) is 5.32 Å². The van der Waals surface area contributed by atoms with Crippen LogP contribution in [0.2, 0.25) is 0 Å². The van der Waals surface area contributed by atoms with E-state index >= 15 is 0 Å². The number of carbonyl (C=O) groups is 1. The van der Waals surface area contributed by atoms with Crippen molar-refractivity contribution < 1.29 is 14.3 Å². The number of rotatable bonds is 5. The zero-order chi connectivity index (χ0) is 14.4. The molecule has 1 aliphatic carbocycles. The van der Waals surface area contributed by atoms with Gasteiger partial charge >= 0.3 is 0 Å². The quantitative estimate of drug-likeness (QED) is 0.822. The number of aliphatic hydroxyl groups excluding tert-OH is 1. The summed E-state index contributed by atoms with van der Waals surface area (Å²) in [5.41, 5.74) is 0. The Labute approximate surface area is 123 Å². The molecule has 1 saturated carbocycles. The highest BCUT2D eigenvalue weighted by molar-refractivity contribution is 7.99. The van der Waals surface area contributed by atoms with Gasteiger partial charge in [-0.1, -0.05) is 25.0 Å². The zero-order valence-corrected chi connectivity index (χ0v) is 12.2. The number of amides is 1. The fourth-order valence-electron chi connectivity index (χ4n) is 2.37. The van der Waals surface area contributed by atoms with Gasteiger partial charge in [0, 0.05) is 17.1 Å². The van der Waals surface area contributed by atoms with Crippen LogP contribution in [0.25, 0.3) is 0 Å². The molecule has 0 saturated heterocycles. The van der Waals surface area contributed by atoms with Crippen LogP contribution in [-0.4, -0.2) is 28.9 Å². The van der Waals surface area contributed by atoms with Gasteiger partial charge in [-0.25, -0.2) is 4.39 Å². The molecule has 1 aromatic rings. The molecule has 2 rings (SSSR count). The van der Waals surface area contributed by atoms with Crippen molar-refractivity contribution in [3.8, 4) is 0 Å². The predicted molar refractivity (Wildman–Crippen MR) is 78.1 cm³/mol. The van der Waals surface area contributed by atoms with Gasteiger partial charge in [0.25, 0.3) is 0 Å². The Bertz CT molecular complexity index is 455. The van der Waals surface area contributed by atoms with E-state index in [0.717, 1.165) is 25.7 Å². The lowest BCUT2D eigenvalue weighted by Crippen LogP contribution is -2.45. The van der Waals surface area contributed by atoms with Crippen molar-refractivity contribution in [2.75, 3.05) is 5.75 Å². The Morgan fingerprint density at radius 3 is 2.85 bits per heavy atom. The first kappa shape index (κ1) is 15.3. The predicted octanol–water partition coefficient (Wildman–Crippen LogP) is 2.73. The van der Waals surface area contributed by atoms with Gasteiger partial charge in [-0.15, -0.1) is 11.8 Å². The molecule has 0 heterocycles. The third-order valence-corrected chi connectivity index (χ3v) is 4.55. The average Bonchev–Trinajstić information content (AvgIpc) is 2.43. The third-order valence-electron chi connectivity index (χ3n) is 3.50. The maximum atomic E-state index is 13.4. The smallest absolute Gasteiger partial charge is 0.221 e. The van der Waals surface area contributed by atoms with E-state index in [1.165, 1.54) is 17.8 Å². The number of nitrogens with one attached hydrogen (secondary N) is 1. The van der Waals surface area contributed by atoms with Gasteiger partial charge in [-0.3, -0.25) is 4.79 Å². The molecular weight excluding hydrogens is 277 g/mol. The lowest BCUT2D eigenvalue weighted by molar-refractivity contribution is -0.122. The van der Waals surface area contributed by atoms with E-state index in [-0.39, 0.29) is 17.8 Å². The first-order valence-corrected chi connectivity index (χ1v) is 8.00. The third kappa shape index (κ3) is 4.49. The number of hydrogen-bond acceptors (Lipinski definition) is 3. The number of carbonyl (C=O) groups excluding carboxylic acids is 1. The summed E-state index contributed by atoms with van der Waals surface area (Å²) in [4.78, 5) is 12.4. The summed E-state index contributed by atoms with van der Waals surface area (Å²) in [6, 6.07) is 6.44. The van der Waals surface area contributed by atoms with Gasteiger partial charge in [0.2, 0.25) is 5.91 Å². The number of hydrogen-bond donors (Lipinski definition) is 2. The highest BCUT2D eigenvalue weighted by Gasteiger charge is 2.24. The summed E-state index contributed by atoms with van der Waals surface area (Å²) in [6.07, 6.45) is 3.58. The van der Waals surface area contributed by atoms with Crippen LogP contribution in [0.4, 0.5) is 4.39 Å². The molecule has 2 atom stereocenters. The van der Waals surface area contributed by atoms with Crippen molar-refractivity contribution >= 4 is 17.7 Å². The first-order valence-electron chi connectivity index (χ1n) is 7.01. The number of benzene rings is 1. The summed E-state index contributed by atoms with van der Waals surface area (Å²) in [7, 11) is 0. The van der Waals surface area contributed by atoms with E-state index in [9.17, 15) is 14.3 Å². The van der Waals surface area contributed by atoms with Crippen LogP contribution in [0.15, 0.2) is 29.2 Å². The van der Waals surface area contributed by atoms with E-state index in [2.05, 4.69) is 5.32 Å². The van der Waals surface area contributed by atoms with Gasteiger partial charge in [0.15, 0.2) is 0 Å². The van der Waals surface area contributed by atoms with Gasteiger partial charge in [0.1, 0.15) is 5.82 Å². The molecule has 20 heavy (non-hydrogen) atoms. The van der Waals surface area contributed by atoms with Gasteiger partial charge < -0.3 is 10.4 Å². The Hall–Kier alpha value is -1.07. The molecule has 1 amide bonds. The summed E-state index contributed by atoms with van der Waals surface area (Å²) in [5, 5.41) is 12.7. The van der Waals surface area contributed by atoms with E-state index in [4.69, 9.17) is 0 Å². The lowest BCUT2D eigenvalue weighted by atomic mass is 9.92. The minimum absolute atomic E-state index is 0.0696. The molecule has 5 heteroatoms. The van der Waals surface area contributed by atoms with E-state index < -0.39 is 6.10 Å². The van der Waals surface area contributed by atoms with Crippen LogP contribution in [0.5, 0.6) is 0 Å². The first-order chi connectivity index (χ1) is 9.66. The van der Waals surface area contributed by atoms with Crippen molar-refractivity contribution in [3.63, 3.8) is 0 Å². The molecule has 110 valence electrons. The van der Waals surface area contributed by atoms with Crippen LogP contribution in [0.3, 0.4) is 0 Å². The van der Waals surface area contributed by atoms with Crippen molar-refractivity contribution in [1.29, 1.82) is 0 Å². The Morgan fingerprint density at radius 1 is 1.35 bits per heavy atom. The Balaban J connectivity index is 1.71. The maximum Gasteiger partial charge on any atom is 0.221 e. The van der Waals surface area contributed by atoms with Crippen LogP contribution in [0, 0.1) is 5.82 Å². The van der Waals surface area contributed by atoms with E-state index in [1.807, 2.05) is 0 Å². The van der Waals surface area contributed by atoms with Gasteiger partial charge in [-0.2, -0.15) is 0 Å². The molecule has 0 unspecified atom stereocenters. The van der Waals surface area contributed by atoms with E-state index in [1.54, 1.807) is 18.2 Å². The minimum Gasteiger partial charge on any atom is -0.391 e. The van der Waals surface area contributed by atoms with Crippen molar-refractivity contribution in [3.05, 3.63) is 30.1 Å². The highest BCUT2D eigenvalue weighted by Crippen LogP contribution is 2.22. The fraction of sp³-hybridized carbons (Fsp3) is 0.533. The summed E-state index contributed by atoms with van der Waals surface area (Å²) in [5.74, 6) is 0.218. The zero-order valence-electron chi connectivity index (χ0n) is 11.3. The molecule has 1 fully saturated rings. The number of thioether (sulfide) groups is 1.